The normalized spacial score (nSPS) is 12.4. The summed E-state index contributed by atoms with van der Waals surface area (Å²) in [5.74, 6) is -0.445. The van der Waals surface area contributed by atoms with Crippen molar-refractivity contribution in [1.29, 1.82) is 0 Å². The van der Waals surface area contributed by atoms with Gasteiger partial charge in [-0.3, -0.25) is 14.5 Å². The topological polar surface area (TPSA) is 37.4 Å². The smallest absolute Gasteiger partial charge is 0.261 e. The van der Waals surface area contributed by atoms with E-state index in [-0.39, 0.29) is 11.8 Å². The summed E-state index contributed by atoms with van der Waals surface area (Å²) in [5, 5.41) is 1.73. The molecule has 21 heavy (non-hydrogen) atoms. The van der Waals surface area contributed by atoms with E-state index in [4.69, 9.17) is 0 Å². The Labute approximate surface area is 126 Å². The Balaban J connectivity index is 0.000000510. The van der Waals surface area contributed by atoms with Gasteiger partial charge in [0, 0.05) is 23.6 Å². The molecule has 1 aliphatic rings. The van der Waals surface area contributed by atoms with Gasteiger partial charge in [-0.25, -0.2) is 0 Å². The molecule has 0 bridgehead atoms. The number of imide groups is 1. The zero-order chi connectivity index (χ0) is 16.2. The van der Waals surface area contributed by atoms with Crippen molar-refractivity contribution in [2.24, 2.45) is 0 Å². The predicted molar refractivity (Wildman–Crippen MR) is 87.8 cm³/mol. The molecule has 2 aromatic carbocycles. The lowest BCUT2D eigenvalue weighted by Gasteiger charge is -2.23. The Kier molecular flexibility index (Phi) is 5.65. The van der Waals surface area contributed by atoms with Crippen molar-refractivity contribution >= 4 is 22.6 Å². The van der Waals surface area contributed by atoms with Crippen LogP contribution in [0, 0.1) is 6.92 Å². The SMILES string of the molecule is CC.CC.Cc1cc2c3c(cccc3c1)C(=O)N(C)C2=O. The van der Waals surface area contributed by atoms with Gasteiger partial charge in [-0.1, -0.05) is 45.9 Å². The Morgan fingerprint density at radius 3 is 2.05 bits per heavy atom. The Morgan fingerprint density at radius 2 is 1.43 bits per heavy atom. The maximum Gasteiger partial charge on any atom is 0.261 e. The van der Waals surface area contributed by atoms with Gasteiger partial charge in [-0.05, 0) is 30.0 Å². The van der Waals surface area contributed by atoms with E-state index < -0.39 is 0 Å². The first-order valence-corrected chi connectivity index (χ1v) is 7.45. The fourth-order valence-corrected chi connectivity index (χ4v) is 2.38. The van der Waals surface area contributed by atoms with Crippen LogP contribution in [0.1, 0.15) is 54.0 Å². The summed E-state index contributed by atoms with van der Waals surface area (Å²) in [6.45, 7) is 9.95. The third-order valence-electron chi connectivity index (χ3n) is 3.19. The molecule has 2 amide bonds. The Morgan fingerprint density at radius 1 is 0.857 bits per heavy atom. The number of nitrogens with zero attached hydrogens (tertiary/aromatic N) is 1. The number of aryl methyl sites for hydroxylation is 1. The lowest BCUT2D eigenvalue weighted by molar-refractivity contribution is 0.0650. The van der Waals surface area contributed by atoms with Crippen molar-refractivity contribution in [3.63, 3.8) is 0 Å². The highest BCUT2D eigenvalue weighted by Crippen LogP contribution is 2.30. The summed E-state index contributed by atoms with van der Waals surface area (Å²) >= 11 is 0. The van der Waals surface area contributed by atoms with Gasteiger partial charge in [0.2, 0.25) is 0 Å². The van der Waals surface area contributed by atoms with Crippen molar-refractivity contribution in [3.05, 3.63) is 47.0 Å². The average Bonchev–Trinajstić information content (AvgIpc) is 2.53. The minimum absolute atomic E-state index is 0.220. The van der Waals surface area contributed by atoms with Crippen LogP contribution in [0.25, 0.3) is 10.8 Å². The highest BCUT2D eigenvalue weighted by molar-refractivity contribution is 6.25. The largest absolute Gasteiger partial charge is 0.277 e. The lowest BCUT2D eigenvalue weighted by Crippen LogP contribution is -2.36. The van der Waals surface area contributed by atoms with Crippen LogP contribution >= 0.6 is 0 Å². The van der Waals surface area contributed by atoms with Crippen LogP contribution in [0.15, 0.2) is 30.3 Å². The fourth-order valence-electron chi connectivity index (χ4n) is 2.38. The molecule has 0 aromatic heterocycles. The molecule has 3 rings (SSSR count). The van der Waals surface area contributed by atoms with E-state index in [1.54, 1.807) is 6.07 Å². The second-order valence-corrected chi connectivity index (χ2v) is 4.39. The van der Waals surface area contributed by atoms with Gasteiger partial charge in [0.15, 0.2) is 0 Å². The summed E-state index contributed by atoms with van der Waals surface area (Å²) in [4.78, 5) is 25.3. The van der Waals surface area contributed by atoms with Crippen LogP contribution in [-0.4, -0.2) is 23.8 Å². The van der Waals surface area contributed by atoms with Crippen LogP contribution in [0.4, 0.5) is 0 Å². The molecule has 3 heteroatoms. The van der Waals surface area contributed by atoms with Crippen molar-refractivity contribution in [2.75, 3.05) is 7.05 Å². The van der Waals surface area contributed by atoms with Gasteiger partial charge in [-0.15, -0.1) is 0 Å². The van der Waals surface area contributed by atoms with E-state index in [1.807, 2.05) is 58.9 Å². The zero-order valence-electron chi connectivity index (χ0n) is 13.7. The molecule has 0 saturated carbocycles. The standard InChI is InChI=1S/C14H11NO2.2C2H6/c1-8-6-9-4-3-5-10-12(9)11(7-8)14(17)15(2)13(10)16;2*1-2/h3-7H,1-2H3;2*1-2H3. The number of carbonyl (C=O) groups excluding carboxylic acids is 2. The molecule has 0 unspecified atom stereocenters. The second-order valence-electron chi connectivity index (χ2n) is 4.39. The third kappa shape index (κ3) is 2.82. The summed E-state index contributed by atoms with van der Waals surface area (Å²) in [6, 6.07) is 9.39. The molecular weight excluding hydrogens is 262 g/mol. The first-order valence-electron chi connectivity index (χ1n) is 7.45. The van der Waals surface area contributed by atoms with Crippen LogP contribution in [-0.2, 0) is 0 Å². The molecular formula is C18H23NO2. The van der Waals surface area contributed by atoms with E-state index in [2.05, 4.69) is 0 Å². The molecule has 2 aromatic rings. The Hall–Kier alpha value is -2.16. The molecule has 0 atom stereocenters. The number of hydrogen-bond donors (Lipinski definition) is 0. The average molecular weight is 285 g/mol. The molecule has 3 nitrogen and oxygen atoms in total. The van der Waals surface area contributed by atoms with Crippen LogP contribution < -0.4 is 0 Å². The first-order chi connectivity index (χ1) is 10.1. The summed E-state index contributed by atoms with van der Waals surface area (Å²) in [5.41, 5.74) is 2.26. The van der Waals surface area contributed by atoms with E-state index in [1.165, 1.54) is 11.9 Å². The number of amides is 2. The first kappa shape index (κ1) is 16.9. The lowest BCUT2D eigenvalue weighted by atomic mass is 9.93. The number of rotatable bonds is 0. The molecule has 0 radical (unpaired) electrons. The molecule has 0 N–H and O–H groups in total. The predicted octanol–water partition coefficient (Wildman–Crippen LogP) is 4.43. The zero-order valence-corrected chi connectivity index (χ0v) is 13.7. The summed E-state index contributed by atoms with van der Waals surface area (Å²) in [7, 11) is 1.52. The van der Waals surface area contributed by atoms with Crippen molar-refractivity contribution in [2.45, 2.75) is 34.6 Å². The van der Waals surface area contributed by atoms with Crippen molar-refractivity contribution < 1.29 is 9.59 Å². The minimum atomic E-state index is -0.225. The Bertz CT molecular complexity index is 674. The molecule has 1 aliphatic heterocycles. The molecule has 0 saturated heterocycles. The number of carbonyl (C=O) groups is 2. The maximum atomic E-state index is 12.1. The van der Waals surface area contributed by atoms with E-state index in [9.17, 15) is 9.59 Å². The molecule has 0 aliphatic carbocycles. The van der Waals surface area contributed by atoms with E-state index in [0.717, 1.165) is 16.3 Å². The van der Waals surface area contributed by atoms with E-state index in [0.29, 0.717) is 11.1 Å². The second kappa shape index (κ2) is 7.02. The van der Waals surface area contributed by atoms with Crippen molar-refractivity contribution in [3.8, 4) is 0 Å². The van der Waals surface area contributed by atoms with Crippen LogP contribution in [0.5, 0.6) is 0 Å². The van der Waals surface area contributed by atoms with E-state index >= 15 is 0 Å². The maximum absolute atomic E-state index is 12.1. The number of hydrogen-bond acceptors (Lipinski definition) is 2. The fraction of sp³-hybridized carbons (Fsp3) is 0.333. The quantitative estimate of drug-likeness (QED) is 0.672. The molecule has 0 fully saturated rings. The van der Waals surface area contributed by atoms with Gasteiger partial charge in [0.05, 0.1) is 0 Å². The highest BCUT2D eigenvalue weighted by Gasteiger charge is 2.29. The number of benzene rings is 2. The van der Waals surface area contributed by atoms with Gasteiger partial charge in [0.1, 0.15) is 0 Å². The molecule has 112 valence electrons. The monoisotopic (exact) mass is 285 g/mol. The molecule has 0 spiro atoms. The minimum Gasteiger partial charge on any atom is -0.277 e. The van der Waals surface area contributed by atoms with Gasteiger partial charge >= 0.3 is 0 Å². The van der Waals surface area contributed by atoms with Gasteiger partial charge in [-0.2, -0.15) is 0 Å². The van der Waals surface area contributed by atoms with Gasteiger partial charge in [0.25, 0.3) is 11.8 Å². The van der Waals surface area contributed by atoms with Crippen LogP contribution in [0.2, 0.25) is 0 Å². The highest BCUT2D eigenvalue weighted by atomic mass is 16.2. The molecule has 1 heterocycles. The van der Waals surface area contributed by atoms with Crippen LogP contribution in [0.3, 0.4) is 0 Å². The third-order valence-corrected chi connectivity index (χ3v) is 3.19. The van der Waals surface area contributed by atoms with Gasteiger partial charge < -0.3 is 0 Å². The summed E-state index contributed by atoms with van der Waals surface area (Å²) in [6.07, 6.45) is 0. The summed E-state index contributed by atoms with van der Waals surface area (Å²) < 4.78 is 0. The van der Waals surface area contributed by atoms with Crippen molar-refractivity contribution in [1.82, 2.24) is 4.90 Å².